The van der Waals surface area contributed by atoms with Crippen LogP contribution in [0.1, 0.15) is 15.9 Å². The van der Waals surface area contributed by atoms with Crippen molar-refractivity contribution in [2.45, 2.75) is 6.92 Å². The van der Waals surface area contributed by atoms with Gasteiger partial charge in [-0.1, -0.05) is 17.4 Å². The first kappa shape index (κ1) is 13.5. The van der Waals surface area contributed by atoms with Gasteiger partial charge in [0.15, 0.2) is 5.13 Å². The molecule has 0 fully saturated rings. The van der Waals surface area contributed by atoms with Crippen LogP contribution in [0.25, 0.3) is 10.2 Å². The average molecular weight is 298 g/mol. The number of hydrogen-bond acceptors (Lipinski definition) is 5. The molecule has 106 valence electrons. The highest BCUT2D eigenvalue weighted by Gasteiger charge is 2.10. The Morgan fingerprint density at radius 3 is 2.81 bits per heavy atom. The van der Waals surface area contributed by atoms with Crippen molar-refractivity contribution in [3.8, 4) is 0 Å². The van der Waals surface area contributed by atoms with Gasteiger partial charge < -0.3 is 5.32 Å². The van der Waals surface area contributed by atoms with Crippen LogP contribution in [-0.2, 0) is 0 Å². The number of carbonyl (C=O) groups is 1. The molecule has 0 radical (unpaired) electrons. The monoisotopic (exact) mass is 298 g/mol. The topological polar surface area (TPSA) is 66.9 Å². The Kier molecular flexibility index (Phi) is 3.53. The first-order valence-corrected chi connectivity index (χ1v) is 7.30. The highest BCUT2D eigenvalue weighted by Crippen LogP contribution is 2.26. The lowest BCUT2D eigenvalue weighted by molar-refractivity contribution is 0.102. The molecule has 0 aliphatic carbocycles. The Balaban J connectivity index is 1.81. The van der Waals surface area contributed by atoms with Crippen LogP contribution >= 0.6 is 11.3 Å². The van der Waals surface area contributed by atoms with Gasteiger partial charge in [-0.25, -0.2) is 9.97 Å². The number of benzene rings is 1. The Morgan fingerprint density at radius 1 is 1.24 bits per heavy atom. The largest absolute Gasteiger partial charge is 0.373 e. The summed E-state index contributed by atoms with van der Waals surface area (Å²) in [7, 11) is 1.78. The van der Waals surface area contributed by atoms with E-state index in [1.165, 1.54) is 16.9 Å². The van der Waals surface area contributed by atoms with Crippen LogP contribution in [0.5, 0.6) is 0 Å². The van der Waals surface area contributed by atoms with E-state index >= 15 is 0 Å². The Hall–Kier alpha value is -2.47. The summed E-state index contributed by atoms with van der Waals surface area (Å²) < 4.78 is 1.06. The normalized spacial score (nSPS) is 10.6. The fourth-order valence-corrected chi connectivity index (χ4v) is 2.89. The van der Waals surface area contributed by atoms with Gasteiger partial charge >= 0.3 is 0 Å². The Labute approximate surface area is 126 Å². The fraction of sp³-hybridized carbons (Fsp3) is 0.133. The van der Waals surface area contributed by atoms with Crippen molar-refractivity contribution < 1.29 is 4.79 Å². The fourth-order valence-electron chi connectivity index (χ4n) is 1.93. The van der Waals surface area contributed by atoms with Crippen LogP contribution in [-0.4, -0.2) is 22.9 Å². The van der Waals surface area contributed by atoms with Gasteiger partial charge in [-0.05, 0) is 36.8 Å². The summed E-state index contributed by atoms with van der Waals surface area (Å²) >= 11 is 1.47. The maximum absolute atomic E-state index is 12.2. The molecule has 0 aliphatic rings. The molecule has 1 amide bonds. The van der Waals surface area contributed by atoms with Crippen molar-refractivity contribution in [3.63, 3.8) is 0 Å². The lowest BCUT2D eigenvalue weighted by Crippen LogP contribution is -2.12. The maximum atomic E-state index is 12.2. The van der Waals surface area contributed by atoms with Crippen molar-refractivity contribution in [1.82, 2.24) is 9.97 Å². The summed E-state index contributed by atoms with van der Waals surface area (Å²) in [5, 5.41) is 6.32. The first-order valence-electron chi connectivity index (χ1n) is 6.48. The van der Waals surface area contributed by atoms with Gasteiger partial charge in [-0.2, -0.15) is 0 Å². The van der Waals surface area contributed by atoms with E-state index in [0.29, 0.717) is 10.7 Å². The second-order valence-electron chi connectivity index (χ2n) is 4.63. The quantitative estimate of drug-likeness (QED) is 0.778. The Bertz CT molecular complexity index is 795. The molecule has 0 atom stereocenters. The van der Waals surface area contributed by atoms with E-state index in [-0.39, 0.29) is 5.91 Å². The molecule has 5 nitrogen and oxygen atoms in total. The lowest BCUT2D eigenvalue weighted by atomic mass is 10.2. The molecule has 0 aliphatic heterocycles. The highest BCUT2D eigenvalue weighted by atomic mass is 32.1. The number of aromatic nitrogens is 2. The molecule has 6 heteroatoms. The van der Waals surface area contributed by atoms with E-state index < -0.39 is 0 Å². The molecule has 0 saturated carbocycles. The van der Waals surface area contributed by atoms with Crippen molar-refractivity contribution >= 4 is 38.4 Å². The number of fused-ring (bicyclic) bond motifs is 1. The van der Waals surface area contributed by atoms with Crippen molar-refractivity contribution in [3.05, 3.63) is 47.7 Å². The third-order valence-electron chi connectivity index (χ3n) is 3.05. The van der Waals surface area contributed by atoms with Gasteiger partial charge in [0.05, 0.1) is 15.8 Å². The minimum atomic E-state index is -0.207. The predicted octanol–water partition coefficient (Wildman–Crippen LogP) is 3.29. The van der Waals surface area contributed by atoms with E-state index in [0.717, 1.165) is 16.0 Å². The number of thiazole rings is 1. The summed E-state index contributed by atoms with van der Waals surface area (Å²) in [5.74, 6) is 0.517. The number of nitrogens with zero attached hydrogens (tertiary/aromatic N) is 2. The number of nitrogens with one attached hydrogen (secondary N) is 2. The molecule has 1 aromatic carbocycles. The van der Waals surface area contributed by atoms with Crippen molar-refractivity contribution in [2.24, 2.45) is 0 Å². The van der Waals surface area contributed by atoms with Gasteiger partial charge in [0, 0.05) is 13.2 Å². The summed E-state index contributed by atoms with van der Waals surface area (Å²) in [4.78, 5) is 20.7. The summed E-state index contributed by atoms with van der Waals surface area (Å²) in [6.45, 7) is 2.03. The van der Waals surface area contributed by atoms with Gasteiger partial charge in [0.1, 0.15) is 5.82 Å². The Morgan fingerprint density at radius 2 is 2.10 bits per heavy atom. The summed E-state index contributed by atoms with van der Waals surface area (Å²) in [6, 6.07) is 9.52. The molecule has 21 heavy (non-hydrogen) atoms. The van der Waals surface area contributed by atoms with Crippen molar-refractivity contribution in [2.75, 3.05) is 17.7 Å². The van der Waals surface area contributed by atoms with Crippen LogP contribution in [0.3, 0.4) is 0 Å². The van der Waals surface area contributed by atoms with Gasteiger partial charge in [0.2, 0.25) is 0 Å². The van der Waals surface area contributed by atoms with Crippen LogP contribution in [0.15, 0.2) is 36.5 Å². The number of aryl methyl sites for hydroxylation is 1. The minimum Gasteiger partial charge on any atom is -0.373 e. The number of amides is 1. The molecular formula is C15H14N4OS. The molecular weight excluding hydrogens is 284 g/mol. The minimum absolute atomic E-state index is 0.207. The molecule has 0 saturated heterocycles. The average Bonchev–Trinajstić information content (AvgIpc) is 2.88. The van der Waals surface area contributed by atoms with Gasteiger partial charge in [0.25, 0.3) is 5.91 Å². The van der Waals surface area contributed by atoms with E-state index in [1.54, 1.807) is 25.4 Å². The van der Waals surface area contributed by atoms with Crippen LogP contribution in [0.2, 0.25) is 0 Å². The predicted molar refractivity (Wildman–Crippen MR) is 86.1 cm³/mol. The lowest BCUT2D eigenvalue weighted by Gasteiger charge is -2.02. The van der Waals surface area contributed by atoms with Gasteiger partial charge in [-0.15, -0.1) is 0 Å². The van der Waals surface area contributed by atoms with E-state index in [1.807, 2.05) is 19.1 Å². The number of hydrogen-bond donors (Lipinski definition) is 2. The summed E-state index contributed by atoms with van der Waals surface area (Å²) in [6.07, 6.45) is 1.54. The third-order valence-corrected chi connectivity index (χ3v) is 3.98. The third kappa shape index (κ3) is 2.85. The van der Waals surface area contributed by atoms with Crippen molar-refractivity contribution in [1.29, 1.82) is 0 Å². The van der Waals surface area contributed by atoms with Crippen LogP contribution < -0.4 is 10.6 Å². The molecule has 0 bridgehead atoms. The van der Waals surface area contributed by atoms with Gasteiger partial charge in [-0.3, -0.25) is 10.1 Å². The summed E-state index contributed by atoms with van der Waals surface area (Å²) in [5.41, 5.74) is 2.57. The molecule has 3 rings (SSSR count). The molecule has 2 N–H and O–H groups in total. The van der Waals surface area contributed by atoms with Crippen LogP contribution in [0, 0.1) is 6.92 Å². The zero-order valence-corrected chi connectivity index (χ0v) is 12.5. The molecule has 3 aromatic rings. The molecule has 0 spiro atoms. The smallest absolute Gasteiger partial charge is 0.259 e. The number of carbonyl (C=O) groups excluding carboxylic acids is 1. The number of anilines is 2. The first-order chi connectivity index (χ1) is 10.2. The maximum Gasteiger partial charge on any atom is 0.259 e. The van der Waals surface area contributed by atoms with E-state index in [4.69, 9.17) is 0 Å². The standard InChI is InChI=1S/C15H14N4OS/c1-9-3-5-11-12(7-9)21-15(18-11)19-14(20)10-4-6-13(16-2)17-8-10/h3-8H,1-2H3,(H,16,17)(H,18,19,20). The molecule has 2 aromatic heterocycles. The zero-order chi connectivity index (χ0) is 14.8. The second kappa shape index (κ2) is 5.49. The van der Waals surface area contributed by atoms with Crippen LogP contribution in [0.4, 0.5) is 10.9 Å². The second-order valence-corrected chi connectivity index (χ2v) is 5.66. The highest BCUT2D eigenvalue weighted by molar-refractivity contribution is 7.22. The SMILES string of the molecule is CNc1ccc(C(=O)Nc2nc3ccc(C)cc3s2)cn1. The number of pyridine rings is 1. The number of rotatable bonds is 3. The van der Waals surface area contributed by atoms with E-state index in [9.17, 15) is 4.79 Å². The van der Waals surface area contributed by atoms with E-state index in [2.05, 4.69) is 26.7 Å². The molecule has 2 heterocycles. The molecule has 0 unspecified atom stereocenters. The zero-order valence-electron chi connectivity index (χ0n) is 11.7.